The Morgan fingerprint density at radius 2 is 2.13 bits per heavy atom. The van der Waals surface area contributed by atoms with Crippen LogP contribution >= 0.6 is 11.8 Å². The highest BCUT2D eigenvalue weighted by Crippen LogP contribution is 2.37. The molecule has 1 aromatic heterocycles. The molecule has 1 unspecified atom stereocenters. The molecule has 15 heavy (non-hydrogen) atoms. The molecule has 1 N–H and O–H groups in total. The second-order valence-corrected chi connectivity index (χ2v) is 4.60. The molecule has 0 amide bonds. The van der Waals surface area contributed by atoms with Crippen LogP contribution in [0.3, 0.4) is 0 Å². The van der Waals surface area contributed by atoms with E-state index in [0.29, 0.717) is 0 Å². The van der Waals surface area contributed by atoms with Crippen molar-refractivity contribution < 1.29 is 5.11 Å². The number of para-hydroxylation sites is 1. The number of H-pyrrole nitrogens is 1. The minimum atomic E-state index is 0.0945. The molecule has 0 aliphatic heterocycles. The Morgan fingerprint density at radius 3 is 2.80 bits per heavy atom. The van der Waals surface area contributed by atoms with E-state index in [2.05, 4.69) is 10.2 Å². The summed E-state index contributed by atoms with van der Waals surface area (Å²) in [6.45, 7) is 2.02. The van der Waals surface area contributed by atoms with Crippen LogP contribution in [0, 0.1) is 0 Å². The second kappa shape index (κ2) is 4.40. The fraction of sp³-hybridized carbons (Fsp3) is 0.182. The number of nitrogens with one attached hydrogen (secondary N) is 1. The summed E-state index contributed by atoms with van der Waals surface area (Å²) in [5.74, 6) is 0.0945. The Hall–Kier alpha value is -1.42. The van der Waals surface area contributed by atoms with E-state index in [1.807, 2.05) is 25.1 Å². The van der Waals surface area contributed by atoms with Gasteiger partial charge in [0.15, 0.2) is 5.75 Å². The molecule has 0 saturated carbocycles. The average Bonchev–Trinajstić information content (AvgIpc) is 2.71. The van der Waals surface area contributed by atoms with Crippen LogP contribution in [0.4, 0.5) is 0 Å². The molecule has 1 aromatic carbocycles. The molecule has 0 aliphatic rings. The number of hydrogen-bond acceptors (Lipinski definition) is 2. The number of aromatic nitrogens is 2. The molecule has 4 heteroatoms. The highest BCUT2D eigenvalue weighted by Gasteiger charge is 2.12. The molecule has 0 fully saturated rings. The molecule has 1 heterocycles. The van der Waals surface area contributed by atoms with Crippen LogP contribution in [0.15, 0.2) is 41.6 Å². The van der Waals surface area contributed by atoms with E-state index < -0.39 is 0 Å². The fourth-order valence-corrected chi connectivity index (χ4v) is 2.33. The van der Waals surface area contributed by atoms with Crippen molar-refractivity contribution in [3.63, 3.8) is 0 Å². The van der Waals surface area contributed by atoms with Crippen LogP contribution in [0.1, 0.15) is 17.7 Å². The predicted molar refractivity (Wildman–Crippen MR) is 59.4 cm³/mol. The van der Waals surface area contributed by atoms with Crippen LogP contribution in [0.25, 0.3) is 0 Å². The van der Waals surface area contributed by atoms with Crippen LogP contribution < -0.4 is 0 Å². The first-order valence-corrected chi connectivity index (χ1v) is 5.57. The van der Waals surface area contributed by atoms with Gasteiger partial charge in [0.25, 0.3) is 0 Å². The number of aromatic amines is 1. The maximum absolute atomic E-state index is 11.5. The van der Waals surface area contributed by atoms with Crippen molar-refractivity contribution in [2.45, 2.75) is 17.2 Å². The van der Waals surface area contributed by atoms with E-state index >= 15 is 0 Å². The van der Waals surface area contributed by atoms with Gasteiger partial charge in [0.05, 0.1) is 5.03 Å². The van der Waals surface area contributed by atoms with Gasteiger partial charge in [0.2, 0.25) is 0 Å². The molecule has 0 saturated heterocycles. The molecule has 0 spiro atoms. The summed E-state index contributed by atoms with van der Waals surface area (Å²) in [6, 6.07) is 9.02. The van der Waals surface area contributed by atoms with Gasteiger partial charge < -0.3 is 0 Å². The third-order valence-corrected chi connectivity index (χ3v) is 3.22. The van der Waals surface area contributed by atoms with Gasteiger partial charge in [-0.25, -0.2) is 0 Å². The van der Waals surface area contributed by atoms with Crippen LogP contribution in [-0.4, -0.2) is 10.2 Å². The Kier molecular flexibility index (Phi) is 2.97. The number of hydrogen-bond donors (Lipinski definition) is 1. The lowest BCUT2D eigenvalue weighted by Crippen LogP contribution is -1.88. The maximum Gasteiger partial charge on any atom is 0.182 e. The SMILES string of the molecule is CC(Sc1ccn[nH]1)c1ccccc1[O]. The Morgan fingerprint density at radius 1 is 1.33 bits per heavy atom. The summed E-state index contributed by atoms with van der Waals surface area (Å²) < 4.78 is 0. The standard InChI is InChI=1S/C11H11N2OS/c1-8(15-11-6-7-12-13-11)9-4-2-3-5-10(9)14/h2-8H,1H3,(H,12,13). The molecule has 2 rings (SSSR count). The molecule has 3 nitrogen and oxygen atoms in total. The zero-order chi connectivity index (χ0) is 10.7. The van der Waals surface area contributed by atoms with E-state index in [-0.39, 0.29) is 11.0 Å². The highest BCUT2D eigenvalue weighted by atomic mass is 32.2. The molecule has 1 radical (unpaired) electrons. The number of rotatable bonds is 3. The Balaban J connectivity index is 2.15. The van der Waals surface area contributed by atoms with Gasteiger partial charge >= 0.3 is 0 Å². The molecule has 77 valence electrons. The lowest BCUT2D eigenvalue weighted by atomic mass is 10.1. The monoisotopic (exact) mass is 219 g/mol. The van der Waals surface area contributed by atoms with Crippen molar-refractivity contribution in [3.8, 4) is 5.75 Å². The zero-order valence-corrected chi connectivity index (χ0v) is 9.12. The molecular formula is C11H11N2OS. The molecular weight excluding hydrogens is 208 g/mol. The third-order valence-electron chi connectivity index (χ3n) is 2.14. The van der Waals surface area contributed by atoms with Crippen LogP contribution in [-0.2, 0) is 5.11 Å². The van der Waals surface area contributed by atoms with E-state index in [0.717, 1.165) is 10.6 Å². The highest BCUT2D eigenvalue weighted by molar-refractivity contribution is 7.99. The summed E-state index contributed by atoms with van der Waals surface area (Å²) in [5.41, 5.74) is 0.831. The molecule has 2 aromatic rings. The fourth-order valence-electron chi connectivity index (χ4n) is 1.38. The predicted octanol–water partition coefficient (Wildman–Crippen LogP) is 3.41. The number of benzene rings is 1. The van der Waals surface area contributed by atoms with Gasteiger partial charge in [0.1, 0.15) is 0 Å². The molecule has 1 atom stereocenters. The van der Waals surface area contributed by atoms with E-state index in [9.17, 15) is 5.11 Å². The Labute approximate surface area is 92.5 Å². The average molecular weight is 219 g/mol. The van der Waals surface area contributed by atoms with Crippen molar-refractivity contribution in [2.75, 3.05) is 0 Å². The summed E-state index contributed by atoms with van der Waals surface area (Å²) in [4.78, 5) is 0. The molecule has 0 bridgehead atoms. The number of nitrogens with zero attached hydrogens (tertiary/aromatic N) is 1. The molecule has 0 aliphatic carbocycles. The largest absolute Gasteiger partial charge is 0.290 e. The van der Waals surface area contributed by atoms with E-state index in [1.165, 1.54) is 0 Å². The zero-order valence-electron chi connectivity index (χ0n) is 8.31. The summed E-state index contributed by atoms with van der Waals surface area (Å²) >= 11 is 1.60. The Bertz CT molecular complexity index is 428. The third kappa shape index (κ3) is 2.33. The van der Waals surface area contributed by atoms with Gasteiger partial charge in [-0.2, -0.15) is 5.10 Å². The van der Waals surface area contributed by atoms with E-state index in [1.54, 1.807) is 30.1 Å². The number of thioether (sulfide) groups is 1. The van der Waals surface area contributed by atoms with Gasteiger partial charge in [0, 0.05) is 17.0 Å². The van der Waals surface area contributed by atoms with Gasteiger partial charge in [-0.3, -0.25) is 10.2 Å². The van der Waals surface area contributed by atoms with Gasteiger partial charge in [-0.15, -0.1) is 0 Å². The maximum atomic E-state index is 11.5. The van der Waals surface area contributed by atoms with Crippen molar-refractivity contribution >= 4 is 11.8 Å². The smallest absolute Gasteiger partial charge is 0.182 e. The van der Waals surface area contributed by atoms with Crippen molar-refractivity contribution in [1.29, 1.82) is 0 Å². The van der Waals surface area contributed by atoms with Crippen molar-refractivity contribution in [2.24, 2.45) is 0 Å². The van der Waals surface area contributed by atoms with E-state index in [4.69, 9.17) is 0 Å². The first-order valence-electron chi connectivity index (χ1n) is 4.69. The van der Waals surface area contributed by atoms with Crippen molar-refractivity contribution in [1.82, 2.24) is 10.2 Å². The van der Waals surface area contributed by atoms with Gasteiger partial charge in [-0.05, 0) is 19.1 Å². The van der Waals surface area contributed by atoms with Crippen molar-refractivity contribution in [3.05, 3.63) is 42.1 Å². The summed E-state index contributed by atoms with van der Waals surface area (Å²) in [6.07, 6.45) is 1.71. The minimum Gasteiger partial charge on any atom is -0.290 e. The quantitative estimate of drug-likeness (QED) is 0.804. The summed E-state index contributed by atoms with van der Waals surface area (Å²) in [5, 5.41) is 19.4. The van der Waals surface area contributed by atoms with Crippen LogP contribution in [0.2, 0.25) is 0 Å². The topological polar surface area (TPSA) is 48.6 Å². The lowest BCUT2D eigenvalue weighted by Gasteiger charge is -2.10. The minimum absolute atomic E-state index is 0.0945. The van der Waals surface area contributed by atoms with Crippen LogP contribution in [0.5, 0.6) is 5.75 Å². The second-order valence-electron chi connectivity index (χ2n) is 3.22. The first kappa shape index (κ1) is 10.1. The summed E-state index contributed by atoms with van der Waals surface area (Å²) in [7, 11) is 0. The van der Waals surface area contributed by atoms with Gasteiger partial charge in [-0.1, -0.05) is 30.0 Å². The lowest BCUT2D eigenvalue weighted by molar-refractivity contribution is 0.350. The first-order chi connectivity index (χ1) is 7.27. The normalized spacial score (nSPS) is 12.6.